The normalized spacial score (nSPS) is 9.00. The maximum absolute atomic E-state index is 2.27. The molecule has 0 N–H and O–H groups in total. The minimum absolute atomic E-state index is 0. The summed E-state index contributed by atoms with van der Waals surface area (Å²) in [5.74, 6) is 0.903. The fourth-order valence-corrected chi connectivity index (χ4v) is 0.612. The van der Waals surface area contributed by atoms with Crippen molar-refractivity contribution in [1.82, 2.24) is 0 Å². The van der Waals surface area contributed by atoms with Crippen LogP contribution in [0, 0.1) is 5.92 Å². The Balaban J connectivity index is 0. The van der Waals surface area contributed by atoms with E-state index in [2.05, 4.69) is 20.8 Å². The van der Waals surface area contributed by atoms with Crippen molar-refractivity contribution in [3.8, 4) is 0 Å². The zero-order valence-corrected chi connectivity index (χ0v) is 7.76. The summed E-state index contributed by atoms with van der Waals surface area (Å²) in [7, 11) is 0. The molecular formula is C7H16Ti. The van der Waals surface area contributed by atoms with Crippen molar-refractivity contribution in [3.63, 3.8) is 0 Å². The second kappa shape index (κ2) is 7.71. The van der Waals surface area contributed by atoms with Gasteiger partial charge in [0.2, 0.25) is 0 Å². The Morgan fingerprint density at radius 1 is 1.25 bits per heavy atom. The molecule has 0 rings (SSSR count). The van der Waals surface area contributed by atoms with Gasteiger partial charge in [-0.3, -0.25) is 0 Å². The molecule has 0 saturated heterocycles. The van der Waals surface area contributed by atoms with Crippen LogP contribution in [0.4, 0.5) is 0 Å². The first-order valence-corrected chi connectivity index (χ1v) is 3.27. The van der Waals surface area contributed by atoms with E-state index in [0.717, 1.165) is 5.92 Å². The average Bonchev–Trinajstić information content (AvgIpc) is 1.61. The van der Waals surface area contributed by atoms with Gasteiger partial charge in [-0.05, 0) is 5.92 Å². The van der Waals surface area contributed by atoms with Gasteiger partial charge in [-0.1, -0.05) is 40.0 Å². The summed E-state index contributed by atoms with van der Waals surface area (Å²) in [6.07, 6.45) is 4.15. The van der Waals surface area contributed by atoms with E-state index >= 15 is 0 Å². The van der Waals surface area contributed by atoms with Gasteiger partial charge < -0.3 is 0 Å². The zero-order valence-electron chi connectivity index (χ0n) is 6.20. The molecule has 0 aromatic carbocycles. The van der Waals surface area contributed by atoms with Crippen LogP contribution in [0.2, 0.25) is 0 Å². The minimum atomic E-state index is 0. The van der Waals surface area contributed by atoms with Crippen LogP contribution in [0.5, 0.6) is 0 Å². The van der Waals surface area contributed by atoms with Crippen LogP contribution >= 0.6 is 0 Å². The maximum Gasteiger partial charge on any atom is 0 e. The number of hydrogen-bond donors (Lipinski definition) is 0. The minimum Gasteiger partial charge on any atom is -0.0654 e. The molecule has 0 radical (unpaired) electrons. The Bertz CT molecular complexity index is 33.4. The Hall–Kier alpha value is 0.714. The van der Waals surface area contributed by atoms with Crippen molar-refractivity contribution < 1.29 is 21.7 Å². The largest absolute Gasteiger partial charge is 0.0654 e. The summed E-state index contributed by atoms with van der Waals surface area (Å²) in [6.45, 7) is 6.79. The molecule has 0 saturated carbocycles. The Morgan fingerprint density at radius 2 is 1.75 bits per heavy atom. The van der Waals surface area contributed by atoms with Crippen LogP contribution in [-0.2, 0) is 21.7 Å². The fourth-order valence-electron chi connectivity index (χ4n) is 0.612. The monoisotopic (exact) mass is 148 g/mol. The third-order valence-corrected chi connectivity index (χ3v) is 1.14. The third kappa shape index (κ3) is 9.86. The third-order valence-electron chi connectivity index (χ3n) is 1.14. The Kier molecular flexibility index (Phi) is 11.1. The number of unbranched alkanes of at least 4 members (excludes halogenated alkanes) is 1. The summed E-state index contributed by atoms with van der Waals surface area (Å²) in [4.78, 5) is 0. The van der Waals surface area contributed by atoms with Crippen LogP contribution in [0.25, 0.3) is 0 Å². The van der Waals surface area contributed by atoms with Crippen molar-refractivity contribution in [1.29, 1.82) is 0 Å². The molecular weight excluding hydrogens is 132 g/mol. The SMILES string of the molecule is CCCCC(C)C.[Ti]. The average molecular weight is 148 g/mol. The molecule has 0 aromatic heterocycles. The van der Waals surface area contributed by atoms with Crippen molar-refractivity contribution >= 4 is 0 Å². The van der Waals surface area contributed by atoms with Gasteiger partial charge in [0.1, 0.15) is 0 Å². The van der Waals surface area contributed by atoms with Crippen molar-refractivity contribution in [2.24, 2.45) is 5.92 Å². The first-order chi connectivity index (χ1) is 3.27. The van der Waals surface area contributed by atoms with Gasteiger partial charge in [-0.15, -0.1) is 0 Å². The summed E-state index contributed by atoms with van der Waals surface area (Å²) in [6, 6.07) is 0. The quantitative estimate of drug-likeness (QED) is 0.540. The van der Waals surface area contributed by atoms with Crippen LogP contribution in [-0.4, -0.2) is 0 Å². The second-order valence-corrected chi connectivity index (χ2v) is 2.54. The van der Waals surface area contributed by atoms with E-state index in [1.807, 2.05) is 0 Å². The molecule has 0 spiro atoms. The molecule has 0 unspecified atom stereocenters. The molecule has 0 aromatic rings. The first kappa shape index (κ1) is 11.5. The van der Waals surface area contributed by atoms with E-state index in [9.17, 15) is 0 Å². The van der Waals surface area contributed by atoms with Crippen molar-refractivity contribution in [3.05, 3.63) is 0 Å². The molecule has 0 amide bonds. The molecule has 0 fully saturated rings. The van der Waals surface area contributed by atoms with Gasteiger partial charge in [-0.2, -0.15) is 0 Å². The van der Waals surface area contributed by atoms with E-state index in [0.29, 0.717) is 0 Å². The van der Waals surface area contributed by atoms with E-state index in [1.54, 1.807) is 0 Å². The Morgan fingerprint density at radius 3 is 1.88 bits per heavy atom. The van der Waals surface area contributed by atoms with E-state index in [4.69, 9.17) is 0 Å². The van der Waals surface area contributed by atoms with Crippen LogP contribution < -0.4 is 0 Å². The van der Waals surface area contributed by atoms with Gasteiger partial charge in [0.25, 0.3) is 0 Å². The van der Waals surface area contributed by atoms with Gasteiger partial charge in [0.15, 0.2) is 0 Å². The molecule has 0 aliphatic rings. The van der Waals surface area contributed by atoms with Gasteiger partial charge >= 0.3 is 0 Å². The summed E-state index contributed by atoms with van der Waals surface area (Å²) < 4.78 is 0. The number of hydrogen-bond acceptors (Lipinski definition) is 0. The molecule has 1 heteroatoms. The predicted octanol–water partition coefficient (Wildman–Crippen LogP) is 2.83. The molecule has 0 nitrogen and oxygen atoms in total. The fraction of sp³-hybridized carbons (Fsp3) is 1.00. The molecule has 0 bridgehead atoms. The van der Waals surface area contributed by atoms with E-state index in [1.165, 1.54) is 19.3 Å². The van der Waals surface area contributed by atoms with Crippen LogP contribution in [0.15, 0.2) is 0 Å². The van der Waals surface area contributed by atoms with E-state index in [-0.39, 0.29) is 21.7 Å². The van der Waals surface area contributed by atoms with Crippen LogP contribution in [0.3, 0.4) is 0 Å². The smallest absolute Gasteiger partial charge is 0 e. The van der Waals surface area contributed by atoms with Crippen LogP contribution in [0.1, 0.15) is 40.0 Å². The van der Waals surface area contributed by atoms with E-state index < -0.39 is 0 Å². The second-order valence-electron chi connectivity index (χ2n) is 2.54. The molecule has 0 atom stereocenters. The molecule has 0 heterocycles. The van der Waals surface area contributed by atoms with Crippen molar-refractivity contribution in [2.75, 3.05) is 0 Å². The topological polar surface area (TPSA) is 0 Å². The van der Waals surface area contributed by atoms with Gasteiger partial charge in [0, 0.05) is 21.7 Å². The molecule has 8 heavy (non-hydrogen) atoms. The molecule has 0 aliphatic carbocycles. The summed E-state index contributed by atoms with van der Waals surface area (Å²) in [5.41, 5.74) is 0. The van der Waals surface area contributed by atoms with Gasteiger partial charge in [0.05, 0.1) is 0 Å². The Labute approximate surface area is 67.9 Å². The summed E-state index contributed by atoms with van der Waals surface area (Å²) in [5, 5.41) is 0. The molecule has 48 valence electrons. The first-order valence-electron chi connectivity index (χ1n) is 3.27. The summed E-state index contributed by atoms with van der Waals surface area (Å²) >= 11 is 0. The molecule has 0 aliphatic heterocycles. The van der Waals surface area contributed by atoms with Crippen molar-refractivity contribution in [2.45, 2.75) is 40.0 Å². The number of rotatable bonds is 3. The van der Waals surface area contributed by atoms with Gasteiger partial charge in [-0.25, -0.2) is 0 Å². The zero-order chi connectivity index (χ0) is 5.70. The standard InChI is InChI=1S/C7H16.Ti/c1-4-5-6-7(2)3;/h7H,4-6H2,1-3H3;. The maximum atomic E-state index is 2.27. The predicted molar refractivity (Wildman–Crippen MR) is 34.4 cm³/mol.